The SMILES string of the molecule is CCC(=Nc1c(OC)cccc1C(=O)OC)C(CCc1ccccc1)=Nc1c(OC)cccc1C(=O)OC. The highest BCUT2D eigenvalue weighted by molar-refractivity contribution is 6.43. The molecule has 3 aromatic rings. The van der Waals surface area contributed by atoms with Gasteiger partial charge >= 0.3 is 11.9 Å². The van der Waals surface area contributed by atoms with E-state index < -0.39 is 11.9 Å². The van der Waals surface area contributed by atoms with E-state index in [2.05, 4.69) is 0 Å². The summed E-state index contributed by atoms with van der Waals surface area (Å²) in [5.74, 6) is -0.210. The van der Waals surface area contributed by atoms with Crippen LogP contribution in [0, 0.1) is 0 Å². The van der Waals surface area contributed by atoms with Gasteiger partial charge in [-0.3, -0.25) is 0 Å². The molecular formula is C30H32N2O6. The zero-order chi connectivity index (χ0) is 27.5. The maximum absolute atomic E-state index is 12.6. The number of nitrogens with zero attached hydrogens (tertiary/aromatic N) is 2. The monoisotopic (exact) mass is 516 g/mol. The number of hydrogen-bond donors (Lipinski definition) is 0. The number of para-hydroxylation sites is 2. The van der Waals surface area contributed by atoms with Crippen LogP contribution in [0.3, 0.4) is 0 Å². The molecule has 0 amide bonds. The number of benzene rings is 3. The zero-order valence-electron chi connectivity index (χ0n) is 22.3. The molecule has 0 unspecified atom stereocenters. The van der Waals surface area contributed by atoms with Crippen LogP contribution in [0.15, 0.2) is 76.7 Å². The van der Waals surface area contributed by atoms with E-state index in [1.54, 1.807) is 36.4 Å². The molecule has 0 fully saturated rings. The third-order valence-corrected chi connectivity index (χ3v) is 5.90. The lowest BCUT2D eigenvalue weighted by Crippen LogP contribution is -2.16. The largest absolute Gasteiger partial charge is 0.494 e. The van der Waals surface area contributed by atoms with Crippen LogP contribution in [-0.4, -0.2) is 51.8 Å². The Bertz CT molecular complexity index is 1330. The lowest BCUT2D eigenvalue weighted by atomic mass is 10.0. The molecule has 0 heterocycles. The Morgan fingerprint density at radius 3 is 1.61 bits per heavy atom. The van der Waals surface area contributed by atoms with Gasteiger partial charge in [-0.2, -0.15) is 0 Å². The van der Waals surface area contributed by atoms with Crippen LogP contribution < -0.4 is 9.47 Å². The fourth-order valence-corrected chi connectivity index (χ4v) is 3.94. The van der Waals surface area contributed by atoms with E-state index in [4.69, 9.17) is 28.9 Å². The molecule has 0 aliphatic heterocycles. The van der Waals surface area contributed by atoms with Crippen molar-refractivity contribution in [2.45, 2.75) is 26.2 Å². The molecule has 3 aromatic carbocycles. The summed E-state index contributed by atoms with van der Waals surface area (Å²) in [6.45, 7) is 1.95. The number of aryl methyl sites for hydroxylation is 1. The third kappa shape index (κ3) is 6.64. The van der Waals surface area contributed by atoms with Gasteiger partial charge in [-0.25, -0.2) is 19.6 Å². The number of ether oxygens (including phenoxy) is 4. The third-order valence-electron chi connectivity index (χ3n) is 5.90. The van der Waals surface area contributed by atoms with E-state index >= 15 is 0 Å². The van der Waals surface area contributed by atoms with Crippen LogP contribution in [-0.2, 0) is 15.9 Å². The molecule has 0 N–H and O–H groups in total. The first-order valence-electron chi connectivity index (χ1n) is 12.2. The molecule has 0 bridgehead atoms. The number of esters is 2. The summed E-state index contributed by atoms with van der Waals surface area (Å²) in [6, 6.07) is 20.2. The maximum atomic E-state index is 12.6. The van der Waals surface area contributed by atoms with E-state index in [0.29, 0.717) is 53.6 Å². The highest BCUT2D eigenvalue weighted by Gasteiger charge is 2.21. The minimum absolute atomic E-state index is 0.270. The van der Waals surface area contributed by atoms with E-state index in [0.717, 1.165) is 5.56 Å². The van der Waals surface area contributed by atoms with E-state index in [1.807, 2.05) is 37.3 Å². The van der Waals surface area contributed by atoms with Crippen molar-refractivity contribution in [3.05, 3.63) is 83.4 Å². The van der Waals surface area contributed by atoms with Crippen molar-refractivity contribution in [1.29, 1.82) is 0 Å². The average molecular weight is 517 g/mol. The molecule has 0 atom stereocenters. The Balaban J connectivity index is 2.24. The Hall–Kier alpha value is -4.46. The van der Waals surface area contributed by atoms with Gasteiger partial charge in [-0.15, -0.1) is 0 Å². The molecule has 198 valence electrons. The van der Waals surface area contributed by atoms with E-state index in [9.17, 15) is 9.59 Å². The van der Waals surface area contributed by atoms with Crippen molar-refractivity contribution in [2.75, 3.05) is 28.4 Å². The molecule has 3 rings (SSSR count). The first-order valence-corrected chi connectivity index (χ1v) is 12.2. The van der Waals surface area contributed by atoms with Gasteiger partial charge in [0, 0.05) is 0 Å². The number of carbonyl (C=O) groups excluding carboxylic acids is 2. The smallest absolute Gasteiger partial charge is 0.340 e. The van der Waals surface area contributed by atoms with Crippen LogP contribution in [0.5, 0.6) is 11.5 Å². The van der Waals surface area contributed by atoms with E-state index in [1.165, 1.54) is 28.4 Å². The lowest BCUT2D eigenvalue weighted by molar-refractivity contribution is 0.0592. The topological polar surface area (TPSA) is 95.8 Å². The Kier molecular flexibility index (Phi) is 10.2. The predicted octanol–water partition coefficient (Wildman–Crippen LogP) is 6.17. The number of aliphatic imine (C=N–C) groups is 2. The molecule has 0 saturated heterocycles. The van der Waals surface area contributed by atoms with Gasteiger partial charge in [0.25, 0.3) is 0 Å². The number of methoxy groups -OCH3 is 4. The number of hydrogen-bond acceptors (Lipinski definition) is 8. The maximum Gasteiger partial charge on any atom is 0.340 e. The summed E-state index contributed by atoms with van der Waals surface area (Å²) in [6.07, 6.45) is 1.68. The molecule has 8 nitrogen and oxygen atoms in total. The van der Waals surface area contributed by atoms with Crippen LogP contribution in [0.4, 0.5) is 11.4 Å². The van der Waals surface area contributed by atoms with Crippen LogP contribution >= 0.6 is 0 Å². The quantitative estimate of drug-likeness (QED) is 0.224. The second-order valence-electron chi connectivity index (χ2n) is 8.15. The molecule has 0 aliphatic rings. The summed E-state index contributed by atoms with van der Waals surface area (Å²) < 4.78 is 21.0. The summed E-state index contributed by atoms with van der Waals surface area (Å²) in [7, 11) is 5.67. The second-order valence-corrected chi connectivity index (χ2v) is 8.15. The molecular weight excluding hydrogens is 484 g/mol. The summed E-state index contributed by atoms with van der Waals surface area (Å²) in [5.41, 5.74) is 3.61. The zero-order valence-corrected chi connectivity index (χ0v) is 22.3. The second kappa shape index (κ2) is 13.7. The van der Waals surface area contributed by atoms with Gasteiger partial charge in [0.1, 0.15) is 22.9 Å². The standard InChI is InChI=1S/C30H32N2O6/c1-6-23(31-27-21(29(33)37-4)14-10-16-25(27)35-2)24(19-18-20-12-8-7-9-13-20)32-28-22(30(34)38-5)15-11-17-26(28)36-3/h7-17H,6,18-19H2,1-5H3. The lowest BCUT2D eigenvalue weighted by Gasteiger charge is -2.15. The van der Waals surface area contributed by atoms with Gasteiger partial charge in [-0.05, 0) is 49.1 Å². The molecule has 0 radical (unpaired) electrons. The molecule has 0 saturated carbocycles. The highest BCUT2D eigenvalue weighted by atomic mass is 16.5. The summed E-state index contributed by atoms with van der Waals surface area (Å²) in [4.78, 5) is 34.9. The van der Waals surface area contributed by atoms with Crippen molar-refractivity contribution in [2.24, 2.45) is 9.98 Å². The molecule has 0 aliphatic carbocycles. The first-order chi connectivity index (χ1) is 18.5. The molecule has 0 aromatic heterocycles. The predicted molar refractivity (Wildman–Crippen MR) is 148 cm³/mol. The fraction of sp³-hybridized carbons (Fsp3) is 0.267. The Labute approximate surface area is 222 Å². The van der Waals surface area contributed by atoms with Gasteiger partial charge < -0.3 is 18.9 Å². The average Bonchev–Trinajstić information content (AvgIpc) is 2.97. The number of rotatable bonds is 11. The fourth-order valence-electron chi connectivity index (χ4n) is 3.94. The van der Waals surface area contributed by atoms with Gasteiger partial charge in [0.2, 0.25) is 0 Å². The minimum Gasteiger partial charge on any atom is -0.494 e. The van der Waals surface area contributed by atoms with Crippen LogP contribution in [0.2, 0.25) is 0 Å². The van der Waals surface area contributed by atoms with Crippen molar-refractivity contribution >= 4 is 34.7 Å². The minimum atomic E-state index is -0.530. The Morgan fingerprint density at radius 1 is 0.658 bits per heavy atom. The molecule has 8 heteroatoms. The summed E-state index contributed by atoms with van der Waals surface area (Å²) >= 11 is 0. The molecule has 0 spiro atoms. The Morgan fingerprint density at radius 2 is 1.16 bits per heavy atom. The van der Waals surface area contributed by atoms with Gasteiger partial charge in [0.05, 0.1) is 51.0 Å². The van der Waals surface area contributed by atoms with Crippen molar-refractivity contribution in [3.63, 3.8) is 0 Å². The van der Waals surface area contributed by atoms with E-state index in [-0.39, 0.29) is 11.1 Å². The van der Waals surface area contributed by atoms with Crippen molar-refractivity contribution in [1.82, 2.24) is 0 Å². The van der Waals surface area contributed by atoms with Gasteiger partial charge in [0.15, 0.2) is 0 Å². The van der Waals surface area contributed by atoms with Crippen LogP contribution in [0.1, 0.15) is 46.0 Å². The number of carbonyl (C=O) groups is 2. The van der Waals surface area contributed by atoms with Gasteiger partial charge in [-0.1, -0.05) is 49.4 Å². The van der Waals surface area contributed by atoms with Crippen molar-refractivity contribution < 1.29 is 28.5 Å². The normalized spacial score (nSPS) is 11.6. The summed E-state index contributed by atoms with van der Waals surface area (Å²) in [5, 5.41) is 0. The molecule has 38 heavy (non-hydrogen) atoms. The first kappa shape index (κ1) is 28.1. The van der Waals surface area contributed by atoms with Crippen molar-refractivity contribution in [3.8, 4) is 11.5 Å². The highest BCUT2D eigenvalue weighted by Crippen LogP contribution is 2.35. The van der Waals surface area contributed by atoms with Crippen LogP contribution in [0.25, 0.3) is 0 Å².